The van der Waals surface area contributed by atoms with Gasteiger partial charge in [-0.05, 0) is 86.5 Å². The summed E-state index contributed by atoms with van der Waals surface area (Å²) in [6.45, 7) is 6.09. The van der Waals surface area contributed by atoms with Crippen molar-refractivity contribution >= 4 is 0 Å². The van der Waals surface area contributed by atoms with Gasteiger partial charge in [0.05, 0.1) is 12.2 Å². The summed E-state index contributed by atoms with van der Waals surface area (Å²) >= 11 is 0. The third-order valence-electron chi connectivity index (χ3n) is 9.43. The largest absolute Gasteiger partial charge is 0.393 e. The Morgan fingerprint density at radius 2 is 1.81 bits per heavy atom. The van der Waals surface area contributed by atoms with Gasteiger partial charge in [-0.25, -0.2) is 0 Å². The first kappa shape index (κ1) is 18.4. The zero-order chi connectivity index (χ0) is 18.8. The first-order chi connectivity index (χ1) is 12.9. The molecule has 1 saturated heterocycles. The zero-order valence-electron chi connectivity index (χ0n) is 17.1. The Bertz CT molecular complexity index is 663. The van der Waals surface area contributed by atoms with Gasteiger partial charge in [-0.15, -0.1) is 0 Å². The first-order valence-corrected chi connectivity index (χ1v) is 11.4. The Hall–Kier alpha value is -0.640. The minimum atomic E-state index is -0.333. The summed E-state index contributed by atoms with van der Waals surface area (Å²) in [5.74, 6) is 1.53. The molecule has 1 unspecified atom stereocenters. The predicted octanol–water partition coefficient (Wildman–Crippen LogP) is 3.96. The number of allylic oxidation sites excluding steroid dienone is 1. The number of aliphatic hydroxyl groups is 2. The molecule has 1 heterocycles. The van der Waals surface area contributed by atoms with E-state index in [-0.39, 0.29) is 23.0 Å². The summed E-state index contributed by atoms with van der Waals surface area (Å²) in [5.41, 5.74) is 3.46. The normalized spacial score (nSPS) is 52.3. The topological polar surface area (TPSA) is 52.5 Å². The molecule has 3 fully saturated rings. The van der Waals surface area contributed by atoms with Crippen LogP contribution in [0.25, 0.3) is 0 Å². The monoisotopic (exact) mass is 371 g/mol. The third-order valence-corrected chi connectivity index (χ3v) is 9.43. The lowest BCUT2D eigenvalue weighted by Gasteiger charge is -2.59. The highest BCUT2D eigenvalue weighted by Crippen LogP contribution is 2.65. The molecule has 0 bridgehead atoms. The van der Waals surface area contributed by atoms with Crippen LogP contribution in [0.15, 0.2) is 23.3 Å². The zero-order valence-corrected chi connectivity index (χ0v) is 17.1. The highest BCUT2D eigenvalue weighted by Gasteiger charge is 2.59. The molecule has 3 N–H and O–H groups in total. The van der Waals surface area contributed by atoms with Crippen LogP contribution < -0.4 is 5.32 Å². The Balaban J connectivity index is 1.46. The minimum absolute atomic E-state index is 0.191. The predicted molar refractivity (Wildman–Crippen MR) is 108 cm³/mol. The van der Waals surface area contributed by atoms with Crippen molar-refractivity contribution in [3.8, 4) is 0 Å². The molecular weight excluding hydrogens is 334 g/mol. The van der Waals surface area contributed by atoms with E-state index in [1.165, 1.54) is 37.7 Å². The van der Waals surface area contributed by atoms with Crippen LogP contribution in [0, 0.1) is 28.6 Å². The average Bonchev–Trinajstić information content (AvgIpc) is 3.01. The lowest BCUT2D eigenvalue weighted by atomic mass is 9.46. The highest BCUT2D eigenvalue weighted by atomic mass is 16.3. The van der Waals surface area contributed by atoms with E-state index >= 15 is 0 Å². The summed E-state index contributed by atoms with van der Waals surface area (Å²) in [6.07, 6.45) is 14.5. The smallest absolute Gasteiger partial charge is 0.0757 e. The van der Waals surface area contributed by atoms with E-state index in [0.717, 1.165) is 32.2 Å². The van der Waals surface area contributed by atoms with Crippen molar-refractivity contribution in [2.75, 3.05) is 6.54 Å². The maximum Gasteiger partial charge on any atom is 0.0757 e. The third kappa shape index (κ3) is 2.64. The van der Waals surface area contributed by atoms with E-state index in [0.29, 0.717) is 23.8 Å². The molecule has 150 valence electrons. The van der Waals surface area contributed by atoms with E-state index < -0.39 is 0 Å². The van der Waals surface area contributed by atoms with Crippen molar-refractivity contribution in [3.05, 3.63) is 23.3 Å². The van der Waals surface area contributed by atoms with E-state index in [2.05, 4.69) is 31.3 Å². The number of rotatable bonds is 1. The molecule has 0 aromatic heterocycles. The number of hydrogen-bond acceptors (Lipinski definition) is 3. The van der Waals surface area contributed by atoms with E-state index in [1.54, 1.807) is 5.57 Å². The van der Waals surface area contributed by atoms with Gasteiger partial charge in [-0.3, -0.25) is 0 Å². The SMILES string of the molecule is C[C@]12CC[C@@H](O)CC1=C[C@@H](O)[C@@H]1[C@@H]2CC[C@]2(C)C(C3CCCCN3)=CC[C@@H]12. The van der Waals surface area contributed by atoms with Gasteiger partial charge < -0.3 is 15.5 Å². The lowest BCUT2D eigenvalue weighted by Crippen LogP contribution is -2.55. The van der Waals surface area contributed by atoms with Crippen LogP contribution in [0.3, 0.4) is 0 Å². The molecule has 27 heavy (non-hydrogen) atoms. The van der Waals surface area contributed by atoms with Gasteiger partial charge >= 0.3 is 0 Å². The molecule has 2 saturated carbocycles. The van der Waals surface area contributed by atoms with E-state index in [9.17, 15) is 10.2 Å². The number of aliphatic hydroxyl groups excluding tert-OH is 2. The molecule has 4 aliphatic carbocycles. The van der Waals surface area contributed by atoms with Crippen LogP contribution in [0.1, 0.15) is 71.6 Å². The molecule has 0 aromatic rings. The molecule has 1 aliphatic heterocycles. The minimum Gasteiger partial charge on any atom is -0.393 e. The number of piperidine rings is 1. The van der Waals surface area contributed by atoms with Crippen molar-refractivity contribution in [1.82, 2.24) is 5.32 Å². The number of nitrogens with one attached hydrogen (secondary N) is 1. The van der Waals surface area contributed by atoms with Crippen molar-refractivity contribution in [1.29, 1.82) is 0 Å². The summed E-state index contributed by atoms with van der Waals surface area (Å²) < 4.78 is 0. The molecule has 0 radical (unpaired) electrons. The summed E-state index contributed by atoms with van der Waals surface area (Å²) in [5, 5.41) is 25.2. The lowest BCUT2D eigenvalue weighted by molar-refractivity contribution is -0.0787. The molecule has 5 aliphatic rings. The second-order valence-electron chi connectivity index (χ2n) is 10.6. The van der Waals surface area contributed by atoms with Crippen molar-refractivity contribution in [2.45, 2.75) is 89.9 Å². The van der Waals surface area contributed by atoms with E-state index in [4.69, 9.17) is 0 Å². The van der Waals surface area contributed by atoms with Gasteiger partial charge in [0.2, 0.25) is 0 Å². The molecule has 8 atom stereocenters. The van der Waals surface area contributed by atoms with Crippen LogP contribution in [0.2, 0.25) is 0 Å². The molecule has 0 aromatic carbocycles. The van der Waals surface area contributed by atoms with Gasteiger partial charge in [-0.2, -0.15) is 0 Å². The fraction of sp³-hybridized carbons (Fsp3) is 0.833. The molecule has 5 rings (SSSR count). The van der Waals surface area contributed by atoms with Crippen LogP contribution in [-0.4, -0.2) is 35.0 Å². The highest BCUT2D eigenvalue weighted by molar-refractivity contribution is 5.34. The van der Waals surface area contributed by atoms with Gasteiger partial charge in [0.25, 0.3) is 0 Å². The summed E-state index contributed by atoms with van der Waals surface area (Å²) in [4.78, 5) is 0. The second kappa shape index (κ2) is 6.43. The maximum atomic E-state index is 11.2. The Kier molecular flexibility index (Phi) is 4.38. The van der Waals surface area contributed by atoms with Crippen LogP contribution >= 0.6 is 0 Å². The Labute approximate surface area is 164 Å². The van der Waals surface area contributed by atoms with Crippen LogP contribution in [0.4, 0.5) is 0 Å². The second-order valence-corrected chi connectivity index (χ2v) is 10.6. The average molecular weight is 372 g/mol. The van der Waals surface area contributed by atoms with Gasteiger partial charge in [-0.1, -0.05) is 43.6 Å². The van der Waals surface area contributed by atoms with E-state index in [1.807, 2.05) is 0 Å². The van der Waals surface area contributed by atoms with Crippen molar-refractivity contribution in [2.24, 2.45) is 28.6 Å². The molecule has 0 spiro atoms. The van der Waals surface area contributed by atoms with Crippen LogP contribution in [-0.2, 0) is 0 Å². The van der Waals surface area contributed by atoms with Crippen LogP contribution in [0.5, 0.6) is 0 Å². The van der Waals surface area contributed by atoms with Crippen molar-refractivity contribution in [3.63, 3.8) is 0 Å². The number of hydrogen-bond donors (Lipinski definition) is 3. The first-order valence-electron chi connectivity index (χ1n) is 11.4. The number of fused-ring (bicyclic) bond motifs is 5. The summed E-state index contributed by atoms with van der Waals surface area (Å²) in [7, 11) is 0. The molecule has 0 amide bonds. The standard InChI is InChI=1S/C24H37NO2/c1-23-10-8-16(26)13-15(23)14-21(27)22-18-7-6-17(20-5-3-4-12-25-20)24(18,2)11-9-19(22)23/h6,14,16,18-22,25-27H,3-5,7-13H2,1-2H3/t16-,18+,19+,20?,21-,22+,23+,24-/m1/s1. The quantitative estimate of drug-likeness (QED) is 0.612. The fourth-order valence-corrected chi connectivity index (χ4v) is 7.89. The van der Waals surface area contributed by atoms with Gasteiger partial charge in [0.1, 0.15) is 0 Å². The Morgan fingerprint density at radius 3 is 2.59 bits per heavy atom. The molecule has 3 nitrogen and oxygen atoms in total. The van der Waals surface area contributed by atoms with Gasteiger partial charge in [0, 0.05) is 6.04 Å². The van der Waals surface area contributed by atoms with Crippen molar-refractivity contribution < 1.29 is 10.2 Å². The Morgan fingerprint density at radius 1 is 1.00 bits per heavy atom. The molecular formula is C24H37NO2. The van der Waals surface area contributed by atoms with Gasteiger partial charge in [0.15, 0.2) is 0 Å². The summed E-state index contributed by atoms with van der Waals surface area (Å²) in [6, 6.07) is 0.567. The maximum absolute atomic E-state index is 11.2. The molecule has 3 heteroatoms. The fourth-order valence-electron chi connectivity index (χ4n) is 7.89.